The summed E-state index contributed by atoms with van der Waals surface area (Å²) < 4.78 is 0. The fourth-order valence-corrected chi connectivity index (χ4v) is 0.549. The highest BCUT2D eigenvalue weighted by Crippen LogP contribution is 2.04. The van der Waals surface area contributed by atoms with Crippen LogP contribution in [0.2, 0.25) is 6.32 Å². The molecule has 4 heteroatoms. The molecule has 0 bridgehead atoms. The van der Waals surface area contributed by atoms with Crippen LogP contribution in [0.25, 0.3) is 0 Å². The fourth-order valence-electron chi connectivity index (χ4n) is 0.423. The summed E-state index contributed by atoms with van der Waals surface area (Å²) in [6.07, 6.45) is 0.365. The van der Waals surface area contributed by atoms with Crippen molar-refractivity contribution >= 4 is 18.7 Å². The first kappa shape index (κ1) is 8.27. The molecule has 0 spiro atoms. The highest BCUT2D eigenvalue weighted by Gasteiger charge is 2.10. The average molecular weight is 136 g/mol. The molecule has 0 aliphatic carbocycles. The van der Waals surface area contributed by atoms with Crippen LogP contribution in [0.4, 0.5) is 0 Å². The molecule has 2 N–H and O–H groups in total. The smallest absolute Gasteiger partial charge is 0.427 e. The lowest BCUT2D eigenvalue weighted by Crippen LogP contribution is -2.15. The quantitative estimate of drug-likeness (QED) is 0.434. The standard InChI is InChI=1S/C4H10BClO2/c1-4(3-6)2-5(7)8/h4,7-8H,2-3H2,1H3. The average Bonchev–Trinajstić information content (AvgIpc) is 1.65. The monoisotopic (exact) mass is 136 g/mol. The van der Waals surface area contributed by atoms with Gasteiger partial charge in [0.05, 0.1) is 0 Å². The maximum Gasteiger partial charge on any atom is 0.451 e. The molecular formula is C4H10BClO2. The molecule has 0 saturated heterocycles. The second-order valence-electron chi connectivity index (χ2n) is 1.98. The molecule has 0 aromatic rings. The second kappa shape index (κ2) is 4.18. The molecule has 1 unspecified atom stereocenters. The summed E-state index contributed by atoms with van der Waals surface area (Å²) in [7, 11) is -1.20. The first-order chi connectivity index (χ1) is 3.66. The van der Waals surface area contributed by atoms with Gasteiger partial charge in [0.1, 0.15) is 0 Å². The number of alkyl halides is 1. The molecule has 0 amide bonds. The molecule has 0 aromatic carbocycles. The topological polar surface area (TPSA) is 40.5 Å². The zero-order valence-electron chi connectivity index (χ0n) is 4.84. The van der Waals surface area contributed by atoms with E-state index in [2.05, 4.69) is 0 Å². The van der Waals surface area contributed by atoms with E-state index in [4.69, 9.17) is 21.6 Å². The van der Waals surface area contributed by atoms with Gasteiger partial charge in [-0.05, 0) is 12.2 Å². The first-order valence-corrected chi connectivity index (χ1v) is 3.12. The van der Waals surface area contributed by atoms with E-state index < -0.39 is 7.12 Å². The Morgan fingerprint density at radius 1 is 1.62 bits per heavy atom. The van der Waals surface area contributed by atoms with Crippen LogP contribution >= 0.6 is 11.6 Å². The number of hydrogen-bond acceptors (Lipinski definition) is 2. The van der Waals surface area contributed by atoms with Gasteiger partial charge in [-0.3, -0.25) is 0 Å². The lowest BCUT2D eigenvalue weighted by Gasteiger charge is -2.03. The van der Waals surface area contributed by atoms with E-state index in [1.165, 1.54) is 0 Å². The summed E-state index contributed by atoms with van der Waals surface area (Å²) in [5.74, 6) is 0.675. The highest BCUT2D eigenvalue weighted by atomic mass is 35.5. The Labute approximate surface area is 54.6 Å². The number of rotatable bonds is 3. The maximum absolute atomic E-state index is 8.35. The van der Waals surface area contributed by atoms with Crippen LogP contribution in [-0.4, -0.2) is 23.0 Å². The summed E-state index contributed by atoms with van der Waals surface area (Å²) >= 11 is 5.37. The van der Waals surface area contributed by atoms with Gasteiger partial charge in [0.25, 0.3) is 0 Å². The summed E-state index contributed by atoms with van der Waals surface area (Å²) in [6.45, 7) is 1.87. The Balaban J connectivity index is 3.10. The van der Waals surface area contributed by atoms with E-state index in [0.29, 0.717) is 12.2 Å². The minimum atomic E-state index is -1.20. The van der Waals surface area contributed by atoms with Crippen molar-refractivity contribution in [2.24, 2.45) is 5.92 Å². The predicted molar refractivity (Wildman–Crippen MR) is 34.9 cm³/mol. The van der Waals surface area contributed by atoms with Crippen LogP contribution in [0.3, 0.4) is 0 Å². The fraction of sp³-hybridized carbons (Fsp3) is 1.00. The van der Waals surface area contributed by atoms with Gasteiger partial charge in [-0.15, -0.1) is 11.6 Å². The maximum atomic E-state index is 8.35. The van der Waals surface area contributed by atoms with Crippen molar-refractivity contribution < 1.29 is 10.0 Å². The van der Waals surface area contributed by atoms with Gasteiger partial charge in [-0.2, -0.15) is 0 Å². The number of hydrogen-bond donors (Lipinski definition) is 2. The van der Waals surface area contributed by atoms with E-state index in [1.807, 2.05) is 6.92 Å². The summed E-state index contributed by atoms with van der Waals surface area (Å²) in [5.41, 5.74) is 0. The predicted octanol–water partition coefficient (Wildman–Crippen LogP) is 0.334. The van der Waals surface area contributed by atoms with Gasteiger partial charge in [0.2, 0.25) is 0 Å². The largest absolute Gasteiger partial charge is 0.451 e. The molecule has 48 valence electrons. The van der Waals surface area contributed by atoms with Crippen molar-refractivity contribution in [3.63, 3.8) is 0 Å². The molecule has 0 radical (unpaired) electrons. The van der Waals surface area contributed by atoms with Crippen molar-refractivity contribution in [1.29, 1.82) is 0 Å². The van der Waals surface area contributed by atoms with E-state index in [1.54, 1.807) is 0 Å². The van der Waals surface area contributed by atoms with Gasteiger partial charge >= 0.3 is 7.12 Å². The number of halogens is 1. The normalized spacial score (nSPS) is 13.5. The van der Waals surface area contributed by atoms with E-state index in [9.17, 15) is 0 Å². The molecule has 1 atom stereocenters. The molecule has 0 aliphatic heterocycles. The SMILES string of the molecule is CC(CCl)CB(O)O. The van der Waals surface area contributed by atoms with Crippen LogP contribution in [0.5, 0.6) is 0 Å². The Hall–Kier alpha value is 0.275. The van der Waals surface area contributed by atoms with Crippen molar-refractivity contribution in [1.82, 2.24) is 0 Å². The molecule has 8 heavy (non-hydrogen) atoms. The van der Waals surface area contributed by atoms with Gasteiger partial charge in [0, 0.05) is 5.88 Å². The molecular weight excluding hydrogens is 126 g/mol. The van der Waals surface area contributed by atoms with Crippen molar-refractivity contribution in [2.75, 3.05) is 5.88 Å². The van der Waals surface area contributed by atoms with E-state index >= 15 is 0 Å². The third-order valence-electron chi connectivity index (χ3n) is 0.877. The molecule has 0 heterocycles. The Morgan fingerprint density at radius 3 is 2.25 bits per heavy atom. The van der Waals surface area contributed by atoms with Gasteiger partial charge < -0.3 is 10.0 Å². The first-order valence-electron chi connectivity index (χ1n) is 2.59. The minimum absolute atomic E-state index is 0.191. The molecule has 0 rings (SSSR count). The van der Waals surface area contributed by atoms with Crippen LogP contribution in [0.1, 0.15) is 6.92 Å². The zero-order valence-corrected chi connectivity index (χ0v) is 5.60. The van der Waals surface area contributed by atoms with Gasteiger partial charge in [-0.25, -0.2) is 0 Å². The molecule has 0 saturated carbocycles. The van der Waals surface area contributed by atoms with Crippen LogP contribution in [0, 0.1) is 5.92 Å². The Morgan fingerprint density at radius 2 is 2.12 bits per heavy atom. The molecule has 0 aromatic heterocycles. The molecule has 2 nitrogen and oxygen atoms in total. The van der Waals surface area contributed by atoms with E-state index in [-0.39, 0.29) is 5.92 Å². The zero-order chi connectivity index (χ0) is 6.57. The van der Waals surface area contributed by atoms with E-state index in [0.717, 1.165) is 0 Å². The summed E-state index contributed by atoms with van der Waals surface area (Å²) in [6, 6.07) is 0. The lowest BCUT2D eigenvalue weighted by atomic mass is 9.80. The van der Waals surface area contributed by atoms with Gasteiger partial charge in [0.15, 0.2) is 0 Å². The van der Waals surface area contributed by atoms with Crippen molar-refractivity contribution in [2.45, 2.75) is 13.2 Å². The second-order valence-corrected chi connectivity index (χ2v) is 2.28. The summed E-state index contributed by atoms with van der Waals surface area (Å²) in [4.78, 5) is 0. The third-order valence-corrected chi connectivity index (χ3v) is 1.40. The minimum Gasteiger partial charge on any atom is -0.427 e. The van der Waals surface area contributed by atoms with Gasteiger partial charge in [-0.1, -0.05) is 6.92 Å². The van der Waals surface area contributed by atoms with Crippen LogP contribution in [-0.2, 0) is 0 Å². The lowest BCUT2D eigenvalue weighted by molar-refractivity contribution is 0.395. The summed E-state index contributed by atoms with van der Waals surface area (Å²) in [5, 5.41) is 16.7. The highest BCUT2D eigenvalue weighted by molar-refractivity contribution is 6.41. The van der Waals surface area contributed by atoms with Crippen LogP contribution in [0.15, 0.2) is 0 Å². The Bertz CT molecular complexity index is 60.0. The third kappa shape index (κ3) is 4.43. The molecule has 0 aliphatic rings. The van der Waals surface area contributed by atoms with Crippen molar-refractivity contribution in [3.8, 4) is 0 Å². The van der Waals surface area contributed by atoms with Crippen LogP contribution < -0.4 is 0 Å². The Kier molecular flexibility index (Phi) is 4.33. The molecule has 0 fully saturated rings. The van der Waals surface area contributed by atoms with Crippen molar-refractivity contribution in [3.05, 3.63) is 0 Å².